The van der Waals surface area contributed by atoms with Crippen LogP contribution >= 0.6 is 54.8 Å². The minimum atomic E-state index is -0.159. The maximum absolute atomic E-state index is 6.57. The second-order valence-corrected chi connectivity index (χ2v) is 8.05. The van der Waals surface area contributed by atoms with Crippen LogP contribution in [0, 0.1) is 6.92 Å². The van der Waals surface area contributed by atoms with Gasteiger partial charge in [0.25, 0.3) is 0 Å². The van der Waals surface area contributed by atoms with Crippen LogP contribution < -0.4 is 4.74 Å². The highest BCUT2D eigenvalue weighted by Gasteiger charge is 2.18. The van der Waals surface area contributed by atoms with E-state index in [1.54, 1.807) is 18.4 Å². The molecule has 96 valence electrons. The molecule has 2 aromatic rings. The Hall–Kier alpha value is -0.0300. The molecular formula is C13H11Br2ClOS. The monoisotopic (exact) mass is 408 g/mol. The first-order chi connectivity index (χ1) is 8.52. The lowest BCUT2D eigenvalue weighted by molar-refractivity contribution is 0.414. The van der Waals surface area contributed by atoms with Gasteiger partial charge in [0.15, 0.2) is 0 Å². The highest BCUT2D eigenvalue weighted by Crippen LogP contribution is 2.42. The molecule has 0 aliphatic carbocycles. The molecule has 0 bridgehead atoms. The molecule has 2 rings (SSSR count). The predicted molar refractivity (Wildman–Crippen MR) is 85.1 cm³/mol. The van der Waals surface area contributed by atoms with Gasteiger partial charge in [-0.1, -0.05) is 6.07 Å². The van der Waals surface area contributed by atoms with Crippen molar-refractivity contribution in [1.29, 1.82) is 0 Å². The topological polar surface area (TPSA) is 9.23 Å². The third-order valence-corrected chi connectivity index (χ3v) is 5.56. The first-order valence-corrected chi connectivity index (χ1v) is 8.10. The van der Waals surface area contributed by atoms with Crippen molar-refractivity contribution in [2.75, 3.05) is 7.11 Å². The van der Waals surface area contributed by atoms with Crippen LogP contribution in [0.3, 0.4) is 0 Å². The molecule has 0 N–H and O–H groups in total. The maximum Gasteiger partial charge on any atom is 0.119 e. The van der Waals surface area contributed by atoms with Crippen LogP contribution in [-0.4, -0.2) is 7.11 Å². The maximum atomic E-state index is 6.57. The van der Waals surface area contributed by atoms with Gasteiger partial charge in [0.05, 0.1) is 20.1 Å². The van der Waals surface area contributed by atoms with Gasteiger partial charge < -0.3 is 4.74 Å². The van der Waals surface area contributed by atoms with Crippen molar-refractivity contribution >= 4 is 54.8 Å². The Kier molecular flexibility index (Phi) is 4.75. The van der Waals surface area contributed by atoms with Crippen LogP contribution in [0.5, 0.6) is 5.75 Å². The van der Waals surface area contributed by atoms with Gasteiger partial charge in [-0.25, -0.2) is 0 Å². The highest BCUT2D eigenvalue weighted by molar-refractivity contribution is 9.12. The first-order valence-electron chi connectivity index (χ1n) is 5.26. The third-order valence-electron chi connectivity index (χ3n) is 2.71. The Labute approximate surface area is 132 Å². The largest absolute Gasteiger partial charge is 0.497 e. The number of halogens is 3. The van der Waals surface area contributed by atoms with Crippen molar-refractivity contribution in [2.45, 2.75) is 12.3 Å². The van der Waals surface area contributed by atoms with E-state index in [-0.39, 0.29) is 5.38 Å². The summed E-state index contributed by atoms with van der Waals surface area (Å²) in [5.74, 6) is 0.852. The lowest BCUT2D eigenvalue weighted by Gasteiger charge is -2.13. The molecule has 1 aromatic heterocycles. The molecule has 0 saturated carbocycles. The molecule has 18 heavy (non-hydrogen) atoms. The number of methoxy groups -OCH3 is 1. The van der Waals surface area contributed by atoms with Gasteiger partial charge in [0.1, 0.15) is 5.75 Å². The number of thiophene rings is 1. The first kappa shape index (κ1) is 14.4. The molecule has 1 heterocycles. The fourth-order valence-electron chi connectivity index (χ4n) is 1.75. The minimum Gasteiger partial charge on any atom is -0.497 e. The number of hydrogen-bond acceptors (Lipinski definition) is 2. The zero-order valence-corrected chi connectivity index (χ0v) is 14.6. The number of alkyl halides is 1. The summed E-state index contributed by atoms with van der Waals surface area (Å²) in [6.45, 7) is 2.04. The zero-order chi connectivity index (χ0) is 13.3. The summed E-state index contributed by atoms with van der Waals surface area (Å²) < 4.78 is 7.34. The summed E-state index contributed by atoms with van der Waals surface area (Å²) in [7, 11) is 1.67. The summed E-state index contributed by atoms with van der Waals surface area (Å²) in [4.78, 5) is 0. The van der Waals surface area contributed by atoms with Crippen molar-refractivity contribution in [3.63, 3.8) is 0 Å². The van der Waals surface area contributed by atoms with Crippen molar-refractivity contribution in [1.82, 2.24) is 0 Å². The van der Waals surface area contributed by atoms with E-state index in [9.17, 15) is 0 Å². The quantitative estimate of drug-likeness (QED) is 0.571. The molecule has 0 aliphatic heterocycles. The molecule has 5 heteroatoms. The van der Waals surface area contributed by atoms with E-state index in [2.05, 4.69) is 37.9 Å². The van der Waals surface area contributed by atoms with Gasteiger partial charge in [0.2, 0.25) is 0 Å². The van der Waals surface area contributed by atoms with Crippen molar-refractivity contribution in [3.8, 4) is 5.75 Å². The standard InChI is InChI=1S/C13H11Br2ClOS/c1-7-5-8(17-2)3-4-9(7)12(16)10-6-11(14)18-13(10)15/h3-6,12H,1-2H3. The normalized spacial score (nSPS) is 12.5. The zero-order valence-electron chi connectivity index (χ0n) is 9.84. The highest BCUT2D eigenvalue weighted by atomic mass is 79.9. The number of rotatable bonds is 3. The number of aryl methyl sites for hydroxylation is 1. The smallest absolute Gasteiger partial charge is 0.119 e. The van der Waals surface area contributed by atoms with Crippen LogP contribution in [-0.2, 0) is 0 Å². The van der Waals surface area contributed by atoms with Gasteiger partial charge >= 0.3 is 0 Å². The second-order valence-electron chi connectivity index (χ2n) is 3.86. The SMILES string of the molecule is COc1ccc(C(Cl)c2cc(Br)sc2Br)c(C)c1. The lowest BCUT2D eigenvalue weighted by Crippen LogP contribution is -1.96. The van der Waals surface area contributed by atoms with Crippen LogP contribution in [0.25, 0.3) is 0 Å². The molecule has 1 nitrogen and oxygen atoms in total. The molecule has 0 aliphatic rings. The van der Waals surface area contributed by atoms with Gasteiger partial charge in [0, 0.05) is 5.56 Å². The molecule has 0 amide bonds. The molecule has 1 unspecified atom stereocenters. The summed E-state index contributed by atoms with van der Waals surface area (Å²) in [6.07, 6.45) is 0. The lowest BCUT2D eigenvalue weighted by atomic mass is 10.0. The fraction of sp³-hybridized carbons (Fsp3) is 0.231. The van der Waals surface area contributed by atoms with E-state index in [0.717, 1.165) is 30.0 Å². The number of benzene rings is 1. The summed E-state index contributed by atoms with van der Waals surface area (Å²) in [5.41, 5.74) is 3.31. The average molecular weight is 411 g/mol. The number of ether oxygens (including phenoxy) is 1. The summed E-state index contributed by atoms with van der Waals surface area (Å²) in [6, 6.07) is 8.01. The Morgan fingerprint density at radius 2 is 1.94 bits per heavy atom. The van der Waals surface area contributed by atoms with Gasteiger partial charge in [-0.2, -0.15) is 0 Å². The van der Waals surface area contributed by atoms with Crippen LogP contribution in [0.4, 0.5) is 0 Å². The fourth-order valence-corrected chi connectivity index (χ4v) is 5.27. The van der Waals surface area contributed by atoms with Crippen LogP contribution in [0.2, 0.25) is 0 Å². The predicted octanol–water partition coefficient (Wildman–Crippen LogP) is 5.92. The molecule has 0 fully saturated rings. The Bertz CT molecular complexity index is 568. The van der Waals surface area contributed by atoms with Crippen molar-refractivity contribution in [3.05, 3.63) is 48.5 Å². The van der Waals surface area contributed by atoms with E-state index in [4.69, 9.17) is 16.3 Å². The van der Waals surface area contributed by atoms with E-state index >= 15 is 0 Å². The molecule has 0 radical (unpaired) electrons. The van der Waals surface area contributed by atoms with Gasteiger partial charge in [-0.05, 0) is 68.1 Å². The minimum absolute atomic E-state index is 0.159. The summed E-state index contributed by atoms with van der Waals surface area (Å²) >= 11 is 15.2. The molecule has 0 spiro atoms. The summed E-state index contributed by atoms with van der Waals surface area (Å²) in [5, 5.41) is -0.159. The molecule has 1 aromatic carbocycles. The Morgan fingerprint density at radius 3 is 2.44 bits per heavy atom. The molecule has 0 saturated heterocycles. The van der Waals surface area contributed by atoms with Gasteiger partial charge in [-0.3, -0.25) is 0 Å². The Balaban J connectivity index is 2.39. The average Bonchev–Trinajstić information content (AvgIpc) is 2.67. The van der Waals surface area contributed by atoms with Crippen molar-refractivity contribution < 1.29 is 4.74 Å². The van der Waals surface area contributed by atoms with Crippen LogP contribution in [0.1, 0.15) is 22.1 Å². The van der Waals surface area contributed by atoms with E-state index in [1.165, 1.54) is 0 Å². The molecule has 1 atom stereocenters. The number of hydrogen-bond donors (Lipinski definition) is 0. The van der Waals surface area contributed by atoms with E-state index in [1.807, 2.05) is 25.1 Å². The third kappa shape index (κ3) is 2.93. The van der Waals surface area contributed by atoms with E-state index in [0.29, 0.717) is 0 Å². The van der Waals surface area contributed by atoms with Crippen LogP contribution in [0.15, 0.2) is 31.8 Å². The van der Waals surface area contributed by atoms with Gasteiger partial charge in [-0.15, -0.1) is 22.9 Å². The molecular weight excluding hydrogens is 399 g/mol. The Morgan fingerprint density at radius 1 is 1.22 bits per heavy atom. The second kappa shape index (κ2) is 5.95. The van der Waals surface area contributed by atoms with E-state index < -0.39 is 0 Å². The van der Waals surface area contributed by atoms with Crippen molar-refractivity contribution in [2.24, 2.45) is 0 Å².